The number of halogens is 1. The second-order valence-corrected chi connectivity index (χ2v) is 5.99. The van der Waals surface area contributed by atoms with E-state index < -0.39 is 0 Å². The molecule has 0 spiro atoms. The van der Waals surface area contributed by atoms with Crippen LogP contribution in [0.4, 0.5) is 22.7 Å². The molecule has 2 aromatic carbocycles. The Morgan fingerprint density at radius 2 is 1.11 bits per heavy atom. The molecule has 0 aromatic heterocycles. The average molecular weight is 391 g/mol. The molecule has 0 aliphatic rings. The predicted octanol–water partition coefficient (Wildman–Crippen LogP) is 2.15. The van der Waals surface area contributed by atoms with Gasteiger partial charge in [-0.15, -0.1) is 12.4 Å². The minimum absolute atomic E-state index is 0. The van der Waals surface area contributed by atoms with Crippen LogP contribution < -0.4 is 33.6 Å². The highest BCUT2D eigenvalue weighted by atomic mass is 35.5. The number of benzene rings is 2. The highest BCUT2D eigenvalue weighted by Gasteiger charge is 2.04. The SMILES string of the molecule is Cl.N=C(N)c1ccc(NCCCCNc2ccc(C(=N)N)cc2N)c(N)c1. The molecular weight excluding hydrogens is 364 g/mol. The van der Waals surface area contributed by atoms with E-state index >= 15 is 0 Å². The van der Waals surface area contributed by atoms with E-state index in [0.29, 0.717) is 22.5 Å². The lowest BCUT2D eigenvalue weighted by Crippen LogP contribution is -2.13. The lowest BCUT2D eigenvalue weighted by atomic mass is 10.1. The molecule has 146 valence electrons. The van der Waals surface area contributed by atoms with Gasteiger partial charge in [0.25, 0.3) is 0 Å². The average Bonchev–Trinajstić information content (AvgIpc) is 2.59. The Kier molecular flexibility index (Phi) is 8.22. The lowest BCUT2D eigenvalue weighted by molar-refractivity contribution is 0.796. The maximum Gasteiger partial charge on any atom is 0.122 e. The maximum atomic E-state index is 7.40. The number of hydrogen-bond acceptors (Lipinski definition) is 6. The van der Waals surface area contributed by atoms with Crippen LogP contribution >= 0.6 is 12.4 Å². The Labute approximate surface area is 165 Å². The van der Waals surface area contributed by atoms with Crippen LogP contribution in [-0.4, -0.2) is 24.8 Å². The van der Waals surface area contributed by atoms with Crippen molar-refractivity contribution in [1.29, 1.82) is 10.8 Å². The van der Waals surface area contributed by atoms with Crippen LogP contribution in [-0.2, 0) is 0 Å². The summed E-state index contributed by atoms with van der Waals surface area (Å²) in [6, 6.07) is 10.6. The normalized spacial score (nSPS) is 9.93. The van der Waals surface area contributed by atoms with Gasteiger partial charge in [-0.3, -0.25) is 10.8 Å². The van der Waals surface area contributed by atoms with Crippen molar-refractivity contribution in [2.24, 2.45) is 11.5 Å². The second kappa shape index (κ2) is 10.1. The third-order valence-corrected chi connectivity index (χ3v) is 3.96. The first-order valence-electron chi connectivity index (χ1n) is 8.34. The van der Waals surface area contributed by atoms with Crippen molar-refractivity contribution in [3.63, 3.8) is 0 Å². The zero-order chi connectivity index (χ0) is 19.1. The zero-order valence-corrected chi connectivity index (χ0v) is 15.8. The van der Waals surface area contributed by atoms with Gasteiger partial charge in [-0.2, -0.15) is 0 Å². The third-order valence-electron chi connectivity index (χ3n) is 3.96. The number of nitrogens with two attached hydrogens (primary N) is 4. The first kappa shape index (κ1) is 21.9. The lowest BCUT2D eigenvalue weighted by Gasteiger charge is -2.12. The van der Waals surface area contributed by atoms with E-state index in [1.54, 1.807) is 24.3 Å². The number of rotatable bonds is 9. The van der Waals surface area contributed by atoms with Gasteiger partial charge in [-0.1, -0.05) is 0 Å². The molecule has 0 atom stereocenters. The molecule has 0 aliphatic heterocycles. The maximum absolute atomic E-state index is 7.40. The van der Waals surface area contributed by atoms with Crippen LogP contribution in [0.3, 0.4) is 0 Å². The number of nitrogen functional groups attached to an aromatic ring is 4. The van der Waals surface area contributed by atoms with Gasteiger partial charge in [0, 0.05) is 24.2 Å². The van der Waals surface area contributed by atoms with Crippen molar-refractivity contribution >= 4 is 46.8 Å². The zero-order valence-electron chi connectivity index (χ0n) is 15.0. The van der Waals surface area contributed by atoms with Gasteiger partial charge in [-0.25, -0.2) is 0 Å². The van der Waals surface area contributed by atoms with E-state index in [0.717, 1.165) is 37.3 Å². The number of unbranched alkanes of at least 4 members (excludes halogenated alkanes) is 1. The van der Waals surface area contributed by atoms with Gasteiger partial charge in [0.15, 0.2) is 0 Å². The van der Waals surface area contributed by atoms with Crippen molar-refractivity contribution in [1.82, 2.24) is 0 Å². The van der Waals surface area contributed by atoms with E-state index in [1.165, 1.54) is 0 Å². The summed E-state index contributed by atoms with van der Waals surface area (Å²) in [4.78, 5) is 0. The number of anilines is 4. The first-order chi connectivity index (χ1) is 12.4. The molecule has 9 heteroatoms. The summed E-state index contributed by atoms with van der Waals surface area (Å²) in [5, 5.41) is 21.4. The van der Waals surface area contributed by atoms with Crippen LogP contribution in [0.5, 0.6) is 0 Å². The summed E-state index contributed by atoms with van der Waals surface area (Å²) in [7, 11) is 0. The Balaban J connectivity index is 0.00000364. The second-order valence-electron chi connectivity index (χ2n) is 5.99. The molecule has 2 aromatic rings. The fourth-order valence-corrected chi connectivity index (χ4v) is 2.48. The van der Waals surface area contributed by atoms with Gasteiger partial charge in [0.1, 0.15) is 11.7 Å². The number of nitrogens with one attached hydrogen (secondary N) is 4. The van der Waals surface area contributed by atoms with Crippen molar-refractivity contribution in [3.05, 3.63) is 47.5 Å². The molecule has 8 nitrogen and oxygen atoms in total. The van der Waals surface area contributed by atoms with Crippen LogP contribution in [0.25, 0.3) is 0 Å². The molecule has 2 rings (SSSR count). The Bertz CT molecular complexity index is 738. The van der Waals surface area contributed by atoms with Crippen LogP contribution in [0.1, 0.15) is 24.0 Å². The quantitative estimate of drug-likeness (QED) is 0.141. The van der Waals surface area contributed by atoms with Crippen molar-refractivity contribution in [2.75, 3.05) is 35.2 Å². The van der Waals surface area contributed by atoms with Gasteiger partial charge >= 0.3 is 0 Å². The molecule has 12 N–H and O–H groups in total. The molecule has 0 fully saturated rings. The fraction of sp³-hybridized carbons (Fsp3) is 0.222. The molecule has 27 heavy (non-hydrogen) atoms. The molecule has 0 radical (unpaired) electrons. The minimum Gasteiger partial charge on any atom is -0.397 e. The van der Waals surface area contributed by atoms with Crippen LogP contribution in [0.2, 0.25) is 0 Å². The van der Waals surface area contributed by atoms with Gasteiger partial charge in [-0.05, 0) is 49.2 Å². The third kappa shape index (κ3) is 6.27. The Morgan fingerprint density at radius 1 is 0.741 bits per heavy atom. The summed E-state index contributed by atoms with van der Waals surface area (Å²) < 4.78 is 0. The van der Waals surface area contributed by atoms with E-state index in [-0.39, 0.29) is 24.1 Å². The monoisotopic (exact) mass is 390 g/mol. The number of amidine groups is 2. The summed E-state index contributed by atoms with van der Waals surface area (Å²) in [5.41, 5.74) is 26.9. The van der Waals surface area contributed by atoms with E-state index in [4.69, 9.17) is 33.8 Å². The number of hydrogen-bond donors (Lipinski definition) is 8. The fourth-order valence-electron chi connectivity index (χ4n) is 2.48. The molecule has 0 heterocycles. The minimum atomic E-state index is 0. The van der Waals surface area contributed by atoms with E-state index in [9.17, 15) is 0 Å². The summed E-state index contributed by atoms with van der Waals surface area (Å²) in [6.45, 7) is 1.56. The van der Waals surface area contributed by atoms with Crippen molar-refractivity contribution in [2.45, 2.75) is 12.8 Å². The van der Waals surface area contributed by atoms with Crippen molar-refractivity contribution < 1.29 is 0 Å². The highest BCUT2D eigenvalue weighted by Crippen LogP contribution is 2.21. The molecular formula is C18H27ClN8. The molecule has 0 unspecified atom stereocenters. The van der Waals surface area contributed by atoms with Crippen LogP contribution in [0.15, 0.2) is 36.4 Å². The van der Waals surface area contributed by atoms with Gasteiger partial charge < -0.3 is 33.6 Å². The molecule has 0 bridgehead atoms. The topological polar surface area (TPSA) is 176 Å². The first-order valence-corrected chi connectivity index (χ1v) is 8.34. The molecule has 0 saturated carbocycles. The summed E-state index contributed by atoms with van der Waals surface area (Å²) >= 11 is 0. The van der Waals surface area contributed by atoms with Crippen LogP contribution in [0, 0.1) is 10.8 Å². The Hall–Kier alpha value is -3.13. The van der Waals surface area contributed by atoms with E-state index in [1.807, 2.05) is 12.1 Å². The standard InChI is InChI=1S/C18H26N8.ClH/c19-13-9-11(17(21)22)3-5-15(13)25-7-1-2-8-26-16-6-4-12(18(23)24)10-14(16)20;/h3-6,9-10,25-26H,1-2,7-8,19-20H2,(H3,21,22)(H3,23,24);1H. The summed E-state index contributed by atoms with van der Waals surface area (Å²) in [5.74, 6) is 0.00914. The molecule has 0 aliphatic carbocycles. The molecule has 0 saturated heterocycles. The predicted molar refractivity (Wildman–Crippen MR) is 117 cm³/mol. The van der Waals surface area contributed by atoms with Gasteiger partial charge in [0.05, 0.1) is 22.7 Å². The summed E-state index contributed by atoms with van der Waals surface area (Å²) in [6.07, 6.45) is 1.90. The largest absolute Gasteiger partial charge is 0.397 e. The highest BCUT2D eigenvalue weighted by molar-refractivity contribution is 5.97. The molecule has 0 amide bonds. The Morgan fingerprint density at radius 3 is 1.41 bits per heavy atom. The van der Waals surface area contributed by atoms with Crippen molar-refractivity contribution in [3.8, 4) is 0 Å². The smallest absolute Gasteiger partial charge is 0.122 e. The van der Waals surface area contributed by atoms with Gasteiger partial charge in [0.2, 0.25) is 0 Å². The van der Waals surface area contributed by atoms with E-state index in [2.05, 4.69) is 10.6 Å².